The van der Waals surface area contributed by atoms with Crippen LogP contribution in [-0.2, 0) is 0 Å². The quantitative estimate of drug-likeness (QED) is 0.175. The van der Waals surface area contributed by atoms with Crippen LogP contribution in [-0.4, -0.2) is 14.5 Å². The van der Waals surface area contributed by atoms with Gasteiger partial charge in [-0.15, -0.1) is 11.3 Å². The standard InChI is InChI=1S/C54H33N3S/c1-3-14-34(15-4-1)36-20-13-21-39(28-36)47-33-48(56-54(55-47)35-16-5-2-6-17-35)40-26-27-43-45(30-40)51(32-46-42-23-10-12-25-52(42)58-53(43)46)57-49-24-11-9-22-41(49)44-29-37-18-7-8-19-38(37)31-50(44)57/h1-33H. The second-order valence-electron chi connectivity index (χ2n) is 15.0. The summed E-state index contributed by atoms with van der Waals surface area (Å²) >= 11 is 1.87. The Labute approximate surface area is 338 Å². The lowest BCUT2D eigenvalue weighted by Crippen LogP contribution is -1.98. The van der Waals surface area contributed by atoms with Crippen molar-refractivity contribution >= 4 is 74.9 Å². The van der Waals surface area contributed by atoms with E-state index in [9.17, 15) is 0 Å². The topological polar surface area (TPSA) is 30.7 Å². The number of para-hydroxylation sites is 1. The summed E-state index contributed by atoms with van der Waals surface area (Å²) in [6, 6.07) is 72.0. The molecule has 0 saturated carbocycles. The van der Waals surface area contributed by atoms with Crippen LogP contribution in [0.5, 0.6) is 0 Å². The van der Waals surface area contributed by atoms with Gasteiger partial charge in [-0.3, -0.25) is 0 Å². The molecule has 0 unspecified atom stereocenters. The maximum absolute atomic E-state index is 5.30. The van der Waals surface area contributed by atoms with Crippen LogP contribution in [0.15, 0.2) is 200 Å². The van der Waals surface area contributed by atoms with E-state index < -0.39 is 0 Å². The van der Waals surface area contributed by atoms with Gasteiger partial charge in [-0.2, -0.15) is 0 Å². The first-order valence-corrected chi connectivity index (χ1v) is 20.5. The van der Waals surface area contributed by atoms with Crippen molar-refractivity contribution in [1.29, 1.82) is 0 Å². The molecule has 4 heteroatoms. The van der Waals surface area contributed by atoms with Crippen molar-refractivity contribution in [2.75, 3.05) is 0 Å². The van der Waals surface area contributed by atoms with E-state index in [1.807, 2.05) is 17.4 Å². The average molecular weight is 756 g/mol. The Morgan fingerprint density at radius 1 is 0.345 bits per heavy atom. The van der Waals surface area contributed by atoms with Gasteiger partial charge in [0.1, 0.15) is 0 Å². The second-order valence-corrected chi connectivity index (χ2v) is 16.0. The van der Waals surface area contributed by atoms with Crippen LogP contribution in [0.4, 0.5) is 0 Å². The highest BCUT2D eigenvalue weighted by Crippen LogP contribution is 2.45. The normalized spacial score (nSPS) is 11.8. The molecule has 0 saturated heterocycles. The number of nitrogens with zero attached hydrogens (tertiary/aromatic N) is 3. The van der Waals surface area contributed by atoms with E-state index in [0.717, 1.165) is 39.3 Å². The zero-order chi connectivity index (χ0) is 38.2. The molecular formula is C54H33N3S. The molecular weight excluding hydrogens is 723 g/mol. The predicted octanol–water partition coefficient (Wildman–Crippen LogP) is 14.9. The van der Waals surface area contributed by atoms with Gasteiger partial charge in [-0.25, -0.2) is 9.97 Å². The number of hydrogen-bond donors (Lipinski definition) is 0. The molecule has 9 aromatic carbocycles. The smallest absolute Gasteiger partial charge is 0.160 e. The van der Waals surface area contributed by atoms with Crippen molar-refractivity contribution in [3.63, 3.8) is 0 Å². The molecule has 0 amide bonds. The van der Waals surface area contributed by atoms with Crippen LogP contribution < -0.4 is 0 Å². The van der Waals surface area contributed by atoms with Crippen molar-refractivity contribution in [3.8, 4) is 50.7 Å². The Hall–Kier alpha value is -7.40. The van der Waals surface area contributed by atoms with Crippen LogP contribution in [0.1, 0.15) is 0 Å². The minimum absolute atomic E-state index is 0.702. The van der Waals surface area contributed by atoms with E-state index in [4.69, 9.17) is 9.97 Å². The highest BCUT2D eigenvalue weighted by Gasteiger charge is 2.20. The lowest BCUT2D eigenvalue weighted by molar-refractivity contribution is 1.18. The zero-order valence-electron chi connectivity index (χ0n) is 31.3. The van der Waals surface area contributed by atoms with Crippen LogP contribution in [0.2, 0.25) is 0 Å². The number of hydrogen-bond acceptors (Lipinski definition) is 3. The van der Waals surface area contributed by atoms with Crippen LogP contribution in [0, 0.1) is 0 Å². The summed E-state index contributed by atoms with van der Waals surface area (Å²) < 4.78 is 5.08. The highest BCUT2D eigenvalue weighted by atomic mass is 32.1. The monoisotopic (exact) mass is 755 g/mol. The van der Waals surface area contributed by atoms with Crippen LogP contribution >= 0.6 is 11.3 Å². The fourth-order valence-corrected chi connectivity index (χ4v) is 10.0. The summed E-state index contributed by atoms with van der Waals surface area (Å²) in [5.41, 5.74) is 10.7. The lowest BCUT2D eigenvalue weighted by atomic mass is 9.98. The molecule has 3 aromatic heterocycles. The van der Waals surface area contributed by atoms with Gasteiger partial charge in [0.05, 0.1) is 28.1 Å². The summed E-state index contributed by atoms with van der Waals surface area (Å²) in [5.74, 6) is 0.702. The van der Waals surface area contributed by atoms with Gasteiger partial charge in [0.15, 0.2) is 5.82 Å². The SMILES string of the molecule is c1ccc(-c2cccc(-c3cc(-c4ccc5c(c4)c(-n4c6ccccc6c6cc7ccccc7cc64)cc4c6ccccc6sc54)nc(-c4ccccc4)n3)c2)cc1. The molecule has 0 radical (unpaired) electrons. The first-order valence-electron chi connectivity index (χ1n) is 19.6. The average Bonchev–Trinajstić information content (AvgIpc) is 3.83. The maximum atomic E-state index is 5.30. The Kier molecular flexibility index (Phi) is 7.40. The van der Waals surface area contributed by atoms with Gasteiger partial charge in [-0.1, -0.05) is 152 Å². The lowest BCUT2D eigenvalue weighted by Gasteiger charge is -2.15. The molecule has 12 rings (SSSR count). The van der Waals surface area contributed by atoms with Crippen molar-refractivity contribution in [2.45, 2.75) is 0 Å². The molecule has 0 fully saturated rings. The van der Waals surface area contributed by atoms with E-state index in [-0.39, 0.29) is 0 Å². The number of thiophene rings is 1. The molecule has 3 heterocycles. The van der Waals surface area contributed by atoms with Gasteiger partial charge in [0, 0.05) is 58.4 Å². The molecule has 270 valence electrons. The molecule has 0 bridgehead atoms. The first kappa shape index (κ1) is 32.8. The summed E-state index contributed by atoms with van der Waals surface area (Å²) in [6.45, 7) is 0. The third-order valence-electron chi connectivity index (χ3n) is 11.6. The first-order chi connectivity index (χ1) is 28.7. The van der Waals surface area contributed by atoms with Crippen molar-refractivity contribution in [3.05, 3.63) is 200 Å². The summed E-state index contributed by atoms with van der Waals surface area (Å²) in [4.78, 5) is 10.5. The number of rotatable bonds is 5. The minimum Gasteiger partial charge on any atom is -0.309 e. The van der Waals surface area contributed by atoms with Gasteiger partial charge in [0.2, 0.25) is 0 Å². The largest absolute Gasteiger partial charge is 0.309 e. The minimum atomic E-state index is 0.702. The molecule has 3 nitrogen and oxygen atoms in total. The van der Waals surface area contributed by atoms with Gasteiger partial charge in [0.25, 0.3) is 0 Å². The van der Waals surface area contributed by atoms with Gasteiger partial charge in [-0.05, 0) is 70.4 Å². The maximum Gasteiger partial charge on any atom is 0.160 e. The summed E-state index contributed by atoms with van der Waals surface area (Å²) in [5, 5.41) is 9.94. The van der Waals surface area contributed by atoms with Gasteiger partial charge >= 0.3 is 0 Å². The molecule has 0 aliphatic carbocycles. The Morgan fingerprint density at radius 2 is 0.983 bits per heavy atom. The molecule has 58 heavy (non-hydrogen) atoms. The third kappa shape index (κ3) is 5.27. The van der Waals surface area contributed by atoms with Gasteiger partial charge < -0.3 is 4.57 Å². The van der Waals surface area contributed by atoms with Crippen molar-refractivity contribution < 1.29 is 0 Å². The van der Waals surface area contributed by atoms with Crippen molar-refractivity contribution in [1.82, 2.24) is 14.5 Å². The third-order valence-corrected chi connectivity index (χ3v) is 12.8. The summed E-state index contributed by atoms with van der Waals surface area (Å²) in [6.07, 6.45) is 0. The van der Waals surface area contributed by atoms with Crippen LogP contribution in [0.25, 0.3) is 114 Å². The Bertz CT molecular complexity index is 3560. The highest BCUT2D eigenvalue weighted by molar-refractivity contribution is 7.26. The number of benzene rings is 9. The fraction of sp³-hybridized carbons (Fsp3) is 0. The Balaban J connectivity index is 1.14. The van der Waals surface area contributed by atoms with E-state index >= 15 is 0 Å². The zero-order valence-corrected chi connectivity index (χ0v) is 32.1. The fourth-order valence-electron chi connectivity index (χ4n) is 8.78. The summed E-state index contributed by atoms with van der Waals surface area (Å²) in [7, 11) is 0. The molecule has 0 aliphatic rings. The second kappa shape index (κ2) is 13.1. The molecule has 0 atom stereocenters. The number of fused-ring (bicyclic) bond motifs is 9. The van der Waals surface area contributed by atoms with E-state index in [1.54, 1.807) is 0 Å². The van der Waals surface area contributed by atoms with E-state index in [1.165, 1.54) is 69.1 Å². The molecule has 12 aromatic rings. The number of aromatic nitrogens is 3. The molecule has 0 aliphatic heterocycles. The van der Waals surface area contributed by atoms with Crippen molar-refractivity contribution in [2.24, 2.45) is 0 Å². The Morgan fingerprint density at radius 3 is 1.79 bits per heavy atom. The van der Waals surface area contributed by atoms with E-state index in [0.29, 0.717) is 5.82 Å². The predicted molar refractivity (Wildman–Crippen MR) is 246 cm³/mol. The molecule has 0 spiro atoms. The van der Waals surface area contributed by atoms with E-state index in [2.05, 4.69) is 199 Å². The molecule has 0 N–H and O–H groups in total. The van der Waals surface area contributed by atoms with Crippen LogP contribution in [0.3, 0.4) is 0 Å².